The van der Waals surface area contributed by atoms with Crippen LogP contribution in [0.4, 0.5) is 26.3 Å². The first-order valence-electron chi connectivity index (χ1n) is 4.08. The molecule has 0 spiro atoms. The van der Waals surface area contributed by atoms with Crippen molar-refractivity contribution in [3.63, 3.8) is 0 Å². The standard InChI is InChI=1S/C9H5BF6/c1-4-6(9(14,15)16)2-5(3-7(4)10)8(11,12)13/h2-3H,1H3/q-1. The summed E-state index contributed by atoms with van der Waals surface area (Å²) in [7, 11) is 5.11. The Labute approximate surface area is 88.7 Å². The van der Waals surface area contributed by atoms with Crippen molar-refractivity contribution in [1.29, 1.82) is 0 Å². The van der Waals surface area contributed by atoms with Crippen LogP contribution in [0.5, 0.6) is 0 Å². The first-order chi connectivity index (χ1) is 7.03. The fraction of sp³-hybridized carbons (Fsp3) is 0.333. The van der Waals surface area contributed by atoms with Crippen molar-refractivity contribution in [2.24, 2.45) is 0 Å². The van der Waals surface area contributed by atoms with Gasteiger partial charge in [0.25, 0.3) is 0 Å². The molecule has 0 heterocycles. The quantitative estimate of drug-likeness (QED) is 0.481. The zero-order valence-corrected chi connectivity index (χ0v) is 8.00. The van der Waals surface area contributed by atoms with Crippen molar-refractivity contribution in [3.8, 4) is 0 Å². The number of halogens is 6. The molecule has 0 saturated carbocycles. The predicted molar refractivity (Wildman–Crippen MR) is 46.6 cm³/mol. The molecule has 1 rings (SSSR count). The number of benzene rings is 1. The highest BCUT2D eigenvalue weighted by molar-refractivity contribution is 6.33. The number of rotatable bonds is 0. The van der Waals surface area contributed by atoms with E-state index in [0.717, 1.165) is 6.92 Å². The second kappa shape index (κ2) is 3.71. The van der Waals surface area contributed by atoms with Gasteiger partial charge >= 0.3 is 12.4 Å². The van der Waals surface area contributed by atoms with Gasteiger partial charge < -0.3 is 13.3 Å². The first-order valence-corrected chi connectivity index (χ1v) is 4.08. The molecule has 0 saturated heterocycles. The van der Waals surface area contributed by atoms with Crippen LogP contribution in [0.1, 0.15) is 16.7 Å². The van der Waals surface area contributed by atoms with E-state index >= 15 is 0 Å². The summed E-state index contributed by atoms with van der Waals surface area (Å²) in [6, 6.07) is 0.552. The largest absolute Gasteiger partial charge is 0.580 e. The lowest BCUT2D eigenvalue weighted by molar-refractivity contribution is -0.143. The van der Waals surface area contributed by atoms with Crippen molar-refractivity contribution in [2.45, 2.75) is 19.3 Å². The van der Waals surface area contributed by atoms with Crippen LogP contribution in [0.2, 0.25) is 0 Å². The molecule has 0 aliphatic heterocycles. The lowest BCUT2D eigenvalue weighted by Crippen LogP contribution is -2.20. The molecule has 0 aliphatic carbocycles. The van der Waals surface area contributed by atoms with E-state index < -0.39 is 34.5 Å². The van der Waals surface area contributed by atoms with Gasteiger partial charge in [-0.15, -0.1) is 0 Å². The molecule has 0 bridgehead atoms. The maximum Gasteiger partial charge on any atom is 0.416 e. The SMILES string of the molecule is [B-]c1cc(C(F)(F)F)cc(C(F)(F)F)c1C. The molecule has 0 aliphatic rings. The second-order valence-corrected chi connectivity index (χ2v) is 3.23. The van der Waals surface area contributed by atoms with Crippen LogP contribution in [0, 0.1) is 6.92 Å². The van der Waals surface area contributed by atoms with E-state index in [0.29, 0.717) is 6.07 Å². The van der Waals surface area contributed by atoms with E-state index in [2.05, 4.69) is 0 Å². The van der Waals surface area contributed by atoms with Crippen LogP contribution in [0.25, 0.3) is 0 Å². The summed E-state index contributed by atoms with van der Waals surface area (Å²) in [6.45, 7) is 1.03. The number of alkyl halides is 6. The monoisotopic (exact) mass is 238 g/mol. The average molecular weight is 238 g/mol. The third kappa shape index (κ3) is 2.51. The van der Waals surface area contributed by atoms with Gasteiger partial charge in [0.1, 0.15) is 0 Å². The van der Waals surface area contributed by atoms with E-state index in [1.807, 2.05) is 0 Å². The van der Waals surface area contributed by atoms with E-state index in [9.17, 15) is 26.3 Å². The molecular formula is C9H5BF6-. The lowest BCUT2D eigenvalue weighted by Gasteiger charge is -2.21. The maximum atomic E-state index is 12.4. The minimum Gasteiger partial charge on any atom is -0.580 e. The van der Waals surface area contributed by atoms with Crippen molar-refractivity contribution in [2.75, 3.05) is 0 Å². The average Bonchev–Trinajstić information content (AvgIpc) is 2.05. The smallest absolute Gasteiger partial charge is 0.416 e. The highest BCUT2D eigenvalue weighted by Gasteiger charge is 2.36. The Bertz CT molecular complexity index is 404. The van der Waals surface area contributed by atoms with Crippen LogP contribution in [-0.4, -0.2) is 7.85 Å². The summed E-state index contributed by atoms with van der Waals surface area (Å²) < 4.78 is 73.9. The molecule has 0 atom stereocenters. The third-order valence-electron chi connectivity index (χ3n) is 2.08. The summed E-state index contributed by atoms with van der Waals surface area (Å²) in [4.78, 5) is 0. The Morgan fingerprint density at radius 1 is 0.938 bits per heavy atom. The van der Waals surface area contributed by atoms with E-state index in [1.165, 1.54) is 0 Å². The van der Waals surface area contributed by atoms with E-state index in [-0.39, 0.29) is 6.07 Å². The highest BCUT2D eigenvalue weighted by Crippen LogP contribution is 2.36. The lowest BCUT2D eigenvalue weighted by atomic mass is 9.86. The Balaban J connectivity index is 3.46. The Hall–Kier alpha value is -1.14. The van der Waals surface area contributed by atoms with Gasteiger partial charge in [-0.1, -0.05) is 11.6 Å². The first kappa shape index (κ1) is 12.9. The number of hydrogen-bond acceptors (Lipinski definition) is 0. The molecule has 0 nitrogen and oxygen atoms in total. The summed E-state index contributed by atoms with van der Waals surface area (Å²) in [5, 5.41) is 0. The molecule has 7 heteroatoms. The molecule has 0 aromatic heterocycles. The van der Waals surface area contributed by atoms with Crippen LogP contribution < -0.4 is 5.46 Å². The van der Waals surface area contributed by atoms with Crippen LogP contribution in [-0.2, 0) is 12.4 Å². The summed E-state index contributed by atoms with van der Waals surface area (Å²) in [5.74, 6) is 0. The highest BCUT2D eigenvalue weighted by atomic mass is 19.4. The van der Waals surface area contributed by atoms with Gasteiger partial charge in [-0.25, -0.2) is 0 Å². The van der Waals surface area contributed by atoms with Gasteiger partial charge in [-0.3, -0.25) is 0 Å². The molecule has 0 fully saturated rings. The summed E-state index contributed by atoms with van der Waals surface area (Å²) in [5.41, 5.74) is -3.69. The Kier molecular flexibility index (Phi) is 3.00. The van der Waals surface area contributed by atoms with Crippen LogP contribution >= 0.6 is 0 Å². The fourth-order valence-corrected chi connectivity index (χ4v) is 1.19. The van der Waals surface area contributed by atoms with Crippen molar-refractivity contribution in [1.82, 2.24) is 0 Å². The third-order valence-corrected chi connectivity index (χ3v) is 2.08. The van der Waals surface area contributed by atoms with Crippen molar-refractivity contribution >= 4 is 13.3 Å². The topological polar surface area (TPSA) is 0 Å². The molecule has 1 aromatic rings. The van der Waals surface area contributed by atoms with Gasteiger partial charge in [0.15, 0.2) is 0 Å². The predicted octanol–water partition coefficient (Wildman–Crippen LogP) is 2.83. The number of hydrogen-bond donors (Lipinski definition) is 0. The normalized spacial score (nSPS) is 13.0. The van der Waals surface area contributed by atoms with E-state index in [1.54, 1.807) is 0 Å². The van der Waals surface area contributed by atoms with Crippen molar-refractivity contribution in [3.05, 3.63) is 28.8 Å². The minimum absolute atomic E-state index is 0.0612. The Morgan fingerprint density at radius 3 is 1.81 bits per heavy atom. The summed E-state index contributed by atoms with van der Waals surface area (Å²) >= 11 is 0. The van der Waals surface area contributed by atoms with Gasteiger partial charge in [0, 0.05) is 0 Å². The van der Waals surface area contributed by atoms with Gasteiger partial charge in [-0.2, -0.15) is 26.3 Å². The molecule has 3 radical (unpaired) electrons. The van der Waals surface area contributed by atoms with Gasteiger partial charge in [0.2, 0.25) is 0 Å². The zero-order chi connectivity index (χ0) is 12.7. The van der Waals surface area contributed by atoms with Gasteiger partial charge in [0.05, 0.1) is 11.1 Å². The zero-order valence-electron chi connectivity index (χ0n) is 8.00. The van der Waals surface area contributed by atoms with Crippen molar-refractivity contribution < 1.29 is 26.3 Å². The molecule has 87 valence electrons. The molecular weight excluding hydrogens is 233 g/mol. The van der Waals surface area contributed by atoms with Crippen LogP contribution in [0.3, 0.4) is 0 Å². The van der Waals surface area contributed by atoms with Gasteiger partial charge in [-0.05, 0) is 13.0 Å². The minimum atomic E-state index is -4.85. The Morgan fingerprint density at radius 2 is 1.44 bits per heavy atom. The molecule has 16 heavy (non-hydrogen) atoms. The van der Waals surface area contributed by atoms with E-state index in [4.69, 9.17) is 7.85 Å². The molecule has 0 unspecified atom stereocenters. The summed E-state index contributed by atoms with van der Waals surface area (Å²) in [6.07, 6.45) is -9.69. The molecule has 1 aromatic carbocycles. The van der Waals surface area contributed by atoms with Crippen LogP contribution in [0.15, 0.2) is 12.1 Å². The second-order valence-electron chi connectivity index (χ2n) is 3.23. The molecule has 0 N–H and O–H groups in total. The fourth-order valence-electron chi connectivity index (χ4n) is 1.19. The molecule has 0 amide bonds. The maximum absolute atomic E-state index is 12.4.